The zero-order valence-corrected chi connectivity index (χ0v) is 20.0. The van der Waals surface area contributed by atoms with Crippen LogP contribution in [0.1, 0.15) is 13.5 Å². The molecule has 2 amide bonds. The summed E-state index contributed by atoms with van der Waals surface area (Å²) in [6.45, 7) is -2.35. The molecule has 0 saturated carbocycles. The van der Waals surface area contributed by atoms with E-state index in [0.29, 0.717) is 5.39 Å². The van der Waals surface area contributed by atoms with Crippen molar-refractivity contribution in [3.8, 4) is 5.69 Å². The molecule has 16 heteroatoms. The molecule has 1 aliphatic rings. The average Bonchev–Trinajstić information content (AvgIpc) is 3.47. The second kappa shape index (κ2) is 9.55. The lowest BCUT2D eigenvalue weighted by molar-refractivity contribution is -0.170. The molecule has 0 spiro atoms. The van der Waals surface area contributed by atoms with Gasteiger partial charge in [-0.3, -0.25) is 23.9 Å². The fourth-order valence-electron chi connectivity index (χ4n) is 4.11. The van der Waals surface area contributed by atoms with E-state index in [9.17, 15) is 32.7 Å². The number of aromatic nitrogens is 4. The molecule has 204 valence electrons. The summed E-state index contributed by atoms with van der Waals surface area (Å²) in [6, 6.07) is 6.46. The number of nitrogens with zero attached hydrogens (tertiary/aromatic N) is 5. The maximum absolute atomic E-state index is 14.9. The Morgan fingerprint density at radius 3 is 2.74 bits per heavy atom. The minimum Gasteiger partial charge on any atom is -0.380 e. The first-order chi connectivity index (χ1) is 18.5. The third kappa shape index (κ3) is 4.48. The predicted molar refractivity (Wildman–Crippen MR) is 129 cm³/mol. The summed E-state index contributed by atoms with van der Waals surface area (Å²) in [7, 11) is 0. The standard InChI is InChI=1S/C23H20F3N7O6/c1-23(17(35)20(36)28-11-2-4-13-15(8-11)39-30-18(13)27)21(37)31(6-7-38-23)19-14(24)10-33(29-19)12-3-5-16(34)32(9-12)22(25)26/h2-5,8-10,17,22,35H,6-7H2,1H3,(H2,27,30)(H,28,36)/t17?,23-/m1/s1. The van der Waals surface area contributed by atoms with Crippen molar-refractivity contribution in [3.05, 3.63) is 58.9 Å². The highest BCUT2D eigenvalue weighted by Gasteiger charge is 2.51. The highest BCUT2D eigenvalue weighted by molar-refractivity contribution is 6.06. The number of hydrogen-bond donors (Lipinski definition) is 3. The van der Waals surface area contributed by atoms with Gasteiger partial charge in [-0.05, 0) is 25.1 Å². The number of aliphatic hydroxyl groups is 1. The van der Waals surface area contributed by atoms with Crippen LogP contribution < -0.4 is 21.5 Å². The molecule has 3 aromatic heterocycles. The Hall–Kier alpha value is -4.70. The van der Waals surface area contributed by atoms with Gasteiger partial charge in [-0.1, -0.05) is 5.16 Å². The Labute approximate surface area is 216 Å². The van der Waals surface area contributed by atoms with E-state index >= 15 is 0 Å². The van der Waals surface area contributed by atoms with Crippen LogP contribution in [0.4, 0.5) is 30.5 Å². The van der Waals surface area contributed by atoms with Crippen LogP contribution in [0.25, 0.3) is 16.7 Å². The normalized spacial score (nSPS) is 18.6. The van der Waals surface area contributed by atoms with Crippen LogP contribution in [0.3, 0.4) is 0 Å². The van der Waals surface area contributed by atoms with Crippen LogP contribution in [0.2, 0.25) is 0 Å². The molecular formula is C23H20F3N7O6. The Morgan fingerprint density at radius 2 is 2.00 bits per heavy atom. The van der Waals surface area contributed by atoms with E-state index < -0.39 is 47.3 Å². The Morgan fingerprint density at radius 1 is 1.23 bits per heavy atom. The summed E-state index contributed by atoms with van der Waals surface area (Å²) in [5, 5.41) is 21.4. The molecule has 5 rings (SSSR count). The van der Waals surface area contributed by atoms with E-state index in [1.807, 2.05) is 0 Å². The predicted octanol–water partition coefficient (Wildman–Crippen LogP) is 1.41. The zero-order valence-electron chi connectivity index (χ0n) is 20.0. The fraction of sp³-hybridized carbons (Fsp3) is 0.261. The van der Waals surface area contributed by atoms with Gasteiger partial charge in [0.05, 0.1) is 30.4 Å². The van der Waals surface area contributed by atoms with E-state index in [-0.39, 0.29) is 40.5 Å². The number of nitrogens with one attached hydrogen (secondary N) is 1. The number of anilines is 3. The summed E-state index contributed by atoms with van der Waals surface area (Å²) in [5.41, 5.74) is 2.97. The van der Waals surface area contributed by atoms with Crippen LogP contribution in [0.15, 0.2) is 52.0 Å². The lowest BCUT2D eigenvalue weighted by Gasteiger charge is -2.40. The smallest absolute Gasteiger partial charge is 0.321 e. The number of rotatable bonds is 6. The second-order valence-corrected chi connectivity index (χ2v) is 8.74. The summed E-state index contributed by atoms with van der Waals surface area (Å²) >= 11 is 0. The Bertz CT molecular complexity index is 1650. The van der Waals surface area contributed by atoms with Crippen LogP contribution >= 0.6 is 0 Å². The molecule has 1 fully saturated rings. The van der Waals surface area contributed by atoms with Crippen molar-refractivity contribution in [2.24, 2.45) is 0 Å². The first-order valence-corrected chi connectivity index (χ1v) is 11.4. The van der Waals surface area contributed by atoms with Gasteiger partial charge in [0.2, 0.25) is 0 Å². The van der Waals surface area contributed by atoms with E-state index in [1.54, 1.807) is 6.07 Å². The molecule has 1 unspecified atom stereocenters. The number of carbonyl (C=O) groups excluding carboxylic acids is 2. The van der Waals surface area contributed by atoms with Crippen molar-refractivity contribution in [1.82, 2.24) is 19.5 Å². The molecule has 4 aromatic rings. The second-order valence-electron chi connectivity index (χ2n) is 8.74. The lowest BCUT2D eigenvalue weighted by atomic mass is 9.94. The minimum absolute atomic E-state index is 0.0755. The Balaban J connectivity index is 1.38. The molecule has 39 heavy (non-hydrogen) atoms. The summed E-state index contributed by atoms with van der Waals surface area (Å²) in [5.74, 6) is -3.32. The maximum atomic E-state index is 14.9. The molecule has 4 N–H and O–H groups in total. The van der Waals surface area contributed by atoms with Crippen molar-refractivity contribution >= 4 is 40.1 Å². The molecule has 0 radical (unpaired) electrons. The number of aliphatic hydroxyl groups excluding tert-OH is 1. The number of nitrogen functional groups attached to an aromatic ring is 1. The highest BCUT2D eigenvalue weighted by atomic mass is 19.3. The van der Waals surface area contributed by atoms with Gasteiger partial charge in [-0.15, -0.1) is 5.10 Å². The molecular weight excluding hydrogens is 527 g/mol. The SMILES string of the molecule is C[C@]1(C(O)C(=O)Nc2ccc3c(N)noc3c2)OCCN(c2nn(-c3ccc(=O)n(C(F)F)c3)cc2F)C1=O. The zero-order chi connectivity index (χ0) is 28.1. The number of fused-ring (bicyclic) bond motifs is 1. The Kier molecular flexibility index (Phi) is 6.35. The lowest BCUT2D eigenvalue weighted by Crippen LogP contribution is -2.63. The number of carbonyl (C=O) groups is 2. The van der Waals surface area contributed by atoms with Gasteiger partial charge in [0.1, 0.15) is 0 Å². The topological polar surface area (TPSA) is 171 Å². The third-order valence-electron chi connectivity index (χ3n) is 6.23. The van der Waals surface area contributed by atoms with Crippen LogP contribution in [0, 0.1) is 5.82 Å². The minimum atomic E-state index is -3.14. The number of hydrogen-bond acceptors (Lipinski definition) is 9. The molecule has 13 nitrogen and oxygen atoms in total. The van der Waals surface area contributed by atoms with Crippen molar-refractivity contribution < 1.29 is 37.1 Å². The van der Waals surface area contributed by atoms with E-state index in [2.05, 4.69) is 15.6 Å². The number of amides is 2. The number of pyridine rings is 1. The molecule has 4 heterocycles. The van der Waals surface area contributed by atoms with Crippen molar-refractivity contribution in [2.45, 2.75) is 25.2 Å². The summed E-state index contributed by atoms with van der Waals surface area (Å²) in [6.07, 6.45) is -0.420. The van der Waals surface area contributed by atoms with Gasteiger partial charge in [0, 0.05) is 24.0 Å². The van der Waals surface area contributed by atoms with Crippen molar-refractivity contribution in [1.29, 1.82) is 0 Å². The van der Waals surface area contributed by atoms with Crippen LogP contribution in [-0.2, 0) is 14.3 Å². The third-order valence-corrected chi connectivity index (χ3v) is 6.23. The van der Waals surface area contributed by atoms with Gasteiger partial charge >= 0.3 is 6.55 Å². The van der Waals surface area contributed by atoms with Gasteiger partial charge in [0.15, 0.2) is 34.7 Å². The van der Waals surface area contributed by atoms with Gasteiger partial charge in [-0.2, -0.15) is 8.78 Å². The number of alkyl halides is 2. The van der Waals surface area contributed by atoms with E-state index in [0.717, 1.165) is 34.1 Å². The summed E-state index contributed by atoms with van der Waals surface area (Å²) < 4.78 is 52.7. The monoisotopic (exact) mass is 547 g/mol. The van der Waals surface area contributed by atoms with Gasteiger partial charge in [0.25, 0.3) is 17.4 Å². The fourth-order valence-corrected chi connectivity index (χ4v) is 4.11. The van der Waals surface area contributed by atoms with E-state index in [4.69, 9.17) is 15.0 Å². The molecule has 0 bridgehead atoms. The molecule has 0 aliphatic carbocycles. The maximum Gasteiger partial charge on any atom is 0.321 e. The first kappa shape index (κ1) is 25.9. The van der Waals surface area contributed by atoms with Crippen LogP contribution in [-0.4, -0.2) is 61.3 Å². The number of nitrogens with two attached hydrogens (primary N) is 1. The molecule has 1 aromatic carbocycles. The molecule has 1 saturated heterocycles. The number of benzene rings is 1. The highest BCUT2D eigenvalue weighted by Crippen LogP contribution is 2.30. The quantitative estimate of drug-likeness (QED) is 0.323. The first-order valence-electron chi connectivity index (χ1n) is 11.4. The number of ether oxygens (including phenoxy) is 1. The van der Waals surface area contributed by atoms with Crippen molar-refractivity contribution in [3.63, 3.8) is 0 Å². The largest absolute Gasteiger partial charge is 0.380 e. The van der Waals surface area contributed by atoms with Crippen molar-refractivity contribution in [2.75, 3.05) is 29.1 Å². The average molecular weight is 547 g/mol. The molecule has 2 atom stereocenters. The molecule has 1 aliphatic heterocycles. The van der Waals surface area contributed by atoms with Gasteiger partial charge < -0.3 is 25.4 Å². The number of halogens is 3. The number of morpholine rings is 1. The van der Waals surface area contributed by atoms with Crippen LogP contribution in [0.5, 0.6) is 0 Å². The van der Waals surface area contributed by atoms with E-state index in [1.165, 1.54) is 19.1 Å². The summed E-state index contributed by atoms with van der Waals surface area (Å²) in [4.78, 5) is 38.7. The van der Waals surface area contributed by atoms with Gasteiger partial charge in [-0.25, -0.2) is 9.07 Å².